The van der Waals surface area contributed by atoms with Crippen molar-refractivity contribution < 1.29 is 39.6 Å². The van der Waals surface area contributed by atoms with Crippen molar-refractivity contribution in [3.05, 3.63) is 59.4 Å². The molecule has 1 aliphatic carbocycles. The maximum Gasteiger partial charge on any atom is 0.416 e. The zero-order chi connectivity index (χ0) is 26.5. The van der Waals surface area contributed by atoms with Crippen LogP contribution in [0.5, 0.6) is 0 Å². The van der Waals surface area contributed by atoms with E-state index in [4.69, 9.17) is 5.73 Å². The molecule has 4 rings (SSSR count). The number of alkyl halides is 6. The lowest BCUT2D eigenvalue weighted by Gasteiger charge is -2.30. The Kier molecular flexibility index (Phi) is 6.56. The Hall–Kier alpha value is -3.09. The Bertz CT molecular complexity index is 1400. The van der Waals surface area contributed by atoms with Crippen LogP contribution >= 0.6 is 0 Å². The van der Waals surface area contributed by atoms with E-state index in [0.717, 1.165) is 36.4 Å². The first-order chi connectivity index (χ1) is 16.7. The fraction of sp³-hybridized carbons (Fsp3) is 0.391. The standard InChI is InChI=1S/C23H21F6N3O3S/c24-22(25,26)14-2-1-3-17(10-14)36(34,35)12-13-4-7-16(8-5-13)32-19-11-15(23(27,28)29)6-9-18(19)31-21(32)20(30)33/h1-3,6,9-11,13,16H,4-5,7-8,12H2,(H2,30,33). The highest BCUT2D eigenvalue weighted by Gasteiger charge is 2.35. The Labute approximate surface area is 202 Å². The number of rotatable bonds is 5. The molecule has 0 unspecified atom stereocenters. The van der Waals surface area contributed by atoms with Crippen molar-refractivity contribution in [1.29, 1.82) is 0 Å². The van der Waals surface area contributed by atoms with Gasteiger partial charge in [-0.15, -0.1) is 0 Å². The van der Waals surface area contributed by atoms with Crippen LogP contribution in [-0.4, -0.2) is 29.6 Å². The quantitative estimate of drug-likeness (QED) is 0.446. The van der Waals surface area contributed by atoms with E-state index in [2.05, 4.69) is 4.98 Å². The molecule has 194 valence electrons. The summed E-state index contributed by atoms with van der Waals surface area (Å²) >= 11 is 0. The summed E-state index contributed by atoms with van der Waals surface area (Å²) in [6, 6.07) is 6.03. The van der Waals surface area contributed by atoms with Crippen molar-refractivity contribution >= 4 is 26.8 Å². The van der Waals surface area contributed by atoms with E-state index < -0.39 is 50.2 Å². The SMILES string of the molecule is NC(=O)c1nc2ccc(C(F)(F)F)cc2n1C1CCC(CS(=O)(=O)c2cccc(C(F)(F)F)c2)CC1. The zero-order valence-electron chi connectivity index (χ0n) is 18.6. The Morgan fingerprint density at radius 1 is 0.944 bits per heavy atom. The smallest absolute Gasteiger partial charge is 0.363 e. The Morgan fingerprint density at radius 2 is 1.56 bits per heavy atom. The van der Waals surface area contributed by atoms with Crippen LogP contribution in [0.15, 0.2) is 47.4 Å². The lowest BCUT2D eigenvalue weighted by atomic mass is 9.87. The number of hydrogen-bond donors (Lipinski definition) is 1. The molecule has 1 heterocycles. The number of aromatic nitrogens is 2. The average Bonchev–Trinajstić information content (AvgIpc) is 3.18. The van der Waals surface area contributed by atoms with Crippen molar-refractivity contribution in [2.24, 2.45) is 11.7 Å². The predicted octanol–water partition coefficient (Wildman–Crippen LogP) is 5.38. The average molecular weight is 533 g/mol. The minimum Gasteiger partial charge on any atom is -0.363 e. The molecule has 36 heavy (non-hydrogen) atoms. The van der Waals surface area contributed by atoms with Crippen LogP contribution in [-0.2, 0) is 22.2 Å². The normalized spacial score (nSPS) is 19.5. The molecular formula is C23H21F6N3O3S. The van der Waals surface area contributed by atoms with Crippen molar-refractivity contribution in [1.82, 2.24) is 9.55 Å². The molecule has 13 heteroatoms. The fourth-order valence-electron chi connectivity index (χ4n) is 4.65. The van der Waals surface area contributed by atoms with Crippen molar-refractivity contribution in [3.8, 4) is 0 Å². The molecule has 0 saturated heterocycles. The summed E-state index contributed by atoms with van der Waals surface area (Å²) in [5.41, 5.74) is 3.72. The van der Waals surface area contributed by atoms with Crippen LogP contribution in [0.2, 0.25) is 0 Å². The number of benzene rings is 2. The molecule has 2 N–H and O–H groups in total. The van der Waals surface area contributed by atoms with Crippen LogP contribution in [0.25, 0.3) is 11.0 Å². The molecule has 1 saturated carbocycles. The van der Waals surface area contributed by atoms with E-state index in [1.54, 1.807) is 0 Å². The summed E-state index contributed by atoms with van der Waals surface area (Å²) in [7, 11) is -4.01. The topological polar surface area (TPSA) is 95.1 Å². The summed E-state index contributed by atoms with van der Waals surface area (Å²) in [6.45, 7) is 0. The molecule has 0 spiro atoms. The van der Waals surface area contributed by atoms with Crippen LogP contribution in [0, 0.1) is 5.92 Å². The third kappa shape index (κ3) is 5.20. The number of halogens is 6. The molecule has 0 bridgehead atoms. The third-order valence-electron chi connectivity index (χ3n) is 6.39. The largest absolute Gasteiger partial charge is 0.416 e. The van der Waals surface area contributed by atoms with E-state index in [-0.39, 0.29) is 28.5 Å². The fourth-order valence-corrected chi connectivity index (χ4v) is 6.39. The van der Waals surface area contributed by atoms with Gasteiger partial charge in [0.25, 0.3) is 5.91 Å². The number of nitrogens with zero attached hydrogens (tertiary/aromatic N) is 2. The van der Waals surface area contributed by atoms with Gasteiger partial charge in [0.15, 0.2) is 15.7 Å². The minimum absolute atomic E-state index is 0.0960. The number of fused-ring (bicyclic) bond motifs is 1. The van der Waals surface area contributed by atoms with E-state index in [1.807, 2.05) is 0 Å². The Morgan fingerprint density at radius 3 is 2.14 bits per heavy atom. The van der Waals surface area contributed by atoms with Crippen molar-refractivity contribution in [3.63, 3.8) is 0 Å². The Balaban J connectivity index is 1.55. The van der Waals surface area contributed by atoms with Gasteiger partial charge >= 0.3 is 12.4 Å². The number of amides is 1. The molecule has 1 fully saturated rings. The van der Waals surface area contributed by atoms with Gasteiger partial charge in [0.2, 0.25) is 0 Å². The van der Waals surface area contributed by atoms with E-state index in [0.29, 0.717) is 31.7 Å². The van der Waals surface area contributed by atoms with Gasteiger partial charge in [-0.1, -0.05) is 6.07 Å². The molecular weight excluding hydrogens is 512 g/mol. The number of carbonyl (C=O) groups is 1. The number of imidazole rings is 1. The highest BCUT2D eigenvalue weighted by atomic mass is 32.2. The van der Waals surface area contributed by atoms with Crippen LogP contribution in [0.4, 0.5) is 26.3 Å². The maximum atomic E-state index is 13.3. The molecule has 1 aromatic heterocycles. The first kappa shape index (κ1) is 26.0. The maximum absolute atomic E-state index is 13.3. The monoisotopic (exact) mass is 533 g/mol. The second-order valence-electron chi connectivity index (χ2n) is 8.85. The van der Waals surface area contributed by atoms with E-state index >= 15 is 0 Å². The van der Waals surface area contributed by atoms with E-state index in [9.17, 15) is 39.6 Å². The number of sulfone groups is 1. The second-order valence-corrected chi connectivity index (χ2v) is 10.9. The number of nitrogens with two attached hydrogens (primary N) is 1. The third-order valence-corrected chi connectivity index (χ3v) is 8.28. The highest BCUT2D eigenvalue weighted by molar-refractivity contribution is 7.91. The van der Waals surface area contributed by atoms with Gasteiger partial charge in [-0.25, -0.2) is 13.4 Å². The second kappa shape index (κ2) is 9.09. The molecule has 1 aliphatic rings. The molecule has 0 radical (unpaired) electrons. The molecule has 6 nitrogen and oxygen atoms in total. The number of carbonyl (C=O) groups excluding carboxylic acids is 1. The number of primary amides is 1. The van der Waals surface area contributed by atoms with Gasteiger partial charge in [-0.3, -0.25) is 4.79 Å². The van der Waals surface area contributed by atoms with Crippen LogP contribution in [0.1, 0.15) is 53.5 Å². The molecule has 3 aromatic rings. The van der Waals surface area contributed by atoms with Gasteiger partial charge in [0.1, 0.15) is 0 Å². The van der Waals surface area contributed by atoms with Crippen LogP contribution < -0.4 is 5.73 Å². The van der Waals surface area contributed by atoms with Gasteiger partial charge < -0.3 is 10.3 Å². The summed E-state index contributed by atoms with van der Waals surface area (Å²) < 4.78 is 106. The zero-order valence-corrected chi connectivity index (χ0v) is 19.4. The van der Waals surface area contributed by atoms with Gasteiger partial charge in [-0.2, -0.15) is 26.3 Å². The molecule has 2 aromatic carbocycles. The number of hydrogen-bond acceptors (Lipinski definition) is 4. The molecule has 1 amide bonds. The summed E-state index contributed by atoms with van der Waals surface area (Å²) in [5, 5.41) is 0. The highest BCUT2D eigenvalue weighted by Crippen LogP contribution is 2.39. The lowest BCUT2D eigenvalue weighted by molar-refractivity contribution is -0.138. The van der Waals surface area contributed by atoms with Crippen LogP contribution in [0.3, 0.4) is 0 Å². The summed E-state index contributed by atoms with van der Waals surface area (Å²) in [5.74, 6) is -1.84. The summed E-state index contributed by atoms with van der Waals surface area (Å²) in [6.07, 6.45) is -7.97. The lowest BCUT2D eigenvalue weighted by Crippen LogP contribution is -2.27. The predicted molar refractivity (Wildman–Crippen MR) is 118 cm³/mol. The van der Waals surface area contributed by atoms with E-state index in [1.165, 1.54) is 4.57 Å². The molecule has 0 atom stereocenters. The first-order valence-corrected chi connectivity index (χ1v) is 12.6. The summed E-state index contributed by atoms with van der Waals surface area (Å²) in [4.78, 5) is 15.6. The van der Waals surface area contributed by atoms with Gasteiger partial charge in [0, 0.05) is 6.04 Å². The van der Waals surface area contributed by atoms with Gasteiger partial charge in [-0.05, 0) is 68.0 Å². The first-order valence-electron chi connectivity index (χ1n) is 11.0. The van der Waals surface area contributed by atoms with Crippen molar-refractivity contribution in [2.45, 2.75) is 49.0 Å². The molecule has 0 aliphatic heterocycles. The minimum atomic E-state index is -4.68. The van der Waals surface area contributed by atoms with Gasteiger partial charge in [0.05, 0.1) is 32.8 Å². The van der Waals surface area contributed by atoms with Crippen molar-refractivity contribution in [2.75, 3.05) is 5.75 Å².